The van der Waals surface area contributed by atoms with E-state index in [1.807, 2.05) is 26.2 Å². The van der Waals surface area contributed by atoms with Crippen LogP contribution in [0.15, 0.2) is 22.8 Å². The average Bonchev–Trinajstić information content (AvgIpc) is 3.00. The largest absolute Gasteiger partial charge is 0.468 e. The number of carbonyl (C=O) groups is 1. The summed E-state index contributed by atoms with van der Waals surface area (Å²) in [4.78, 5) is 14.0. The number of amides is 1. The van der Waals surface area contributed by atoms with Gasteiger partial charge in [0.05, 0.1) is 18.1 Å². The fraction of sp³-hybridized carbons (Fsp3) is 0.667. The third kappa shape index (κ3) is 5.37. The predicted octanol–water partition coefficient (Wildman–Crippen LogP) is 1.48. The zero-order valence-electron chi connectivity index (χ0n) is 12.8. The van der Waals surface area contributed by atoms with Gasteiger partial charge in [0, 0.05) is 11.8 Å². The Morgan fingerprint density at radius 2 is 2.29 bits per heavy atom. The molecule has 0 aromatic carbocycles. The monoisotopic (exact) mass is 311 g/mol. The van der Waals surface area contributed by atoms with Gasteiger partial charge in [0.2, 0.25) is 5.91 Å². The summed E-state index contributed by atoms with van der Waals surface area (Å²) in [5, 5.41) is 6.97. The highest BCUT2D eigenvalue weighted by atomic mass is 32.2. The summed E-state index contributed by atoms with van der Waals surface area (Å²) >= 11 is 1.77. The van der Waals surface area contributed by atoms with E-state index in [9.17, 15) is 4.79 Å². The molecule has 1 amide bonds. The molecule has 1 unspecified atom stereocenters. The molecule has 1 atom stereocenters. The van der Waals surface area contributed by atoms with Crippen LogP contribution in [-0.4, -0.2) is 55.5 Å². The van der Waals surface area contributed by atoms with Gasteiger partial charge >= 0.3 is 0 Å². The first-order valence-electron chi connectivity index (χ1n) is 7.45. The van der Waals surface area contributed by atoms with Crippen molar-refractivity contribution in [1.82, 2.24) is 15.5 Å². The standard InChI is InChI=1S/C15H25N3O2S/c1-18(2)13(14-4-3-9-20-14)10-17-15(19)11-21-12-5-7-16-8-6-12/h3-4,9,12-13,16H,5-8,10-11H2,1-2H3,(H,17,19). The lowest BCUT2D eigenvalue weighted by molar-refractivity contribution is -0.118. The van der Waals surface area contributed by atoms with E-state index in [4.69, 9.17) is 4.42 Å². The Morgan fingerprint density at radius 1 is 1.52 bits per heavy atom. The van der Waals surface area contributed by atoms with Crippen LogP contribution in [0.5, 0.6) is 0 Å². The molecule has 1 aliphatic heterocycles. The Bertz CT molecular complexity index is 417. The molecular formula is C15H25N3O2S. The second-order valence-electron chi connectivity index (χ2n) is 5.56. The van der Waals surface area contributed by atoms with Crippen LogP contribution in [0.1, 0.15) is 24.6 Å². The molecule has 1 fully saturated rings. The highest BCUT2D eigenvalue weighted by molar-refractivity contribution is 8.00. The van der Waals surface area contributed by atoms with Crippen molar-refractivity contribution in [1.29, 1.82) is 0 Å². The van der Waals surface area contributed by atoms with Gasteiger partial charge in [-0.05, 0) is 52.2 Å². The third-order valence-corrected chi connectivity index (χ3v) is 5.10. The fourth-order valence-corrected chi connectivity index (χ4v) is 3.49. The lowest BCUT2D eigenvalue weighted by Gasteiger charge is -2.23. The van der Waals surface area contributed by atoms with Crippen LogP contribution < -0.4 is 10.6 Å². The molecule has 1 saturated heterocycles. The number of furan rings is 1. The maximum Gasteiger partial charge on any atom is 0.230 e. The lowest BCUT2D eigenvalue weighted by atomic mass is 10.2. The van der Waals surface area contributed by atoms with E-state index in [1.165, 1.54) is 0 Å². The van der Waals surface area contributed by atoms with Crippen molar-refractivity contribution < 1.29 is 9.21 Å². The number of hydrogen-bond acceptors (Lipinski definition) is 5. The summed E-state index contributed by atoms with van der Waals surface area (Å²) in [5.41, 5.74) is 0. The van der Waals surface area contributed by atoms with Gasteiger partial charge in [0.1, 0.15) is 5.76 Å². The van der Waals surface area contributed by atoms with Crippen LogP contribution in [0.4, 0.5) is 0 Å². The van der Waals surface area contributed by atoms with E-state index in [0.717, 1.165) is 31.7 Å². The molecule has 1 aliphatic rings. The molecule has 118 valence electrons. The molecule has 21 heavy (non-hydrogen) atoms. The number of carbonyl (C=O) groups excluding carboxylic acids is 1. The number of thioether (sulfide) groups is 1. The van der Waals surface area contributed by atoms with Crippen molar-refractivity contribution >= 4 is 17.7 Å². The number of piperidine rings is 1. The lowest BCUT2D eigenvalue weighted by Crippen LogP contribution is -2.36. The highest BCUT2D eigenvalue weighted by Gasteiger charge is 2.19. The van der Waals surface area contributed by atoms with Crippen LogP contribution in [0.25, 0.3) is 0 Å². The predicted molar refractivity (Wildman–Crippen MR) is 86.5 cm³/mol. The van der Waals surface area contributed by atoms with Gasteiger partial charge in [0.25, 0.3) is 0 Å². The summed E-state index contributed by atoms with van der Waals surface area (Å²) in [6.07, 6.45) is 3.98. The zero-order chi connectivity index (χ0) is 15.1. The molecule has 2 N–H and O–H groups in total. The second kappa shape index (κ2) is 8.46. The molecule has 2 heterocycles. The Balaban J connectivity index is 1.71. The van der Waals surface area contributed by atoms with Crippen molar-refractivity contribution in [3.63, 3.8) is 0 Å². The van der Waals surface area contributed by atoms with Crippen LogP contribution in [0.2, 0.25) is 0 Å². The normalized spacial score (nSPS) is 17.9. The van der Waals surface area contributed by atoms with Gasteiger partial charge in [0.15, 0.2) is 0 Å². The molecule has 0 radical (unpaired) electrons. The first kappa shape index (κ1) is 16.4. The summed E-state index contributed by atoms with van der Waals surface area (Å²) in [6, 6.07) is 3.90. The first-order chi connectivity index (χ1) is 10.2. The van der Waals surface area contributed by atoms with Crippen molar-refractivity contribution in [2.75, 3.05) is 39.5 Å². The van der Waals surface area contributed by atoms with E-state index in [1.54, 1.807) is 18.0 Å². The van der Waals surface area contributed by atoms with Crippen molar-refractivity contribution in [3.8, 4) is 0 Å². The van der Waals surface area contributed by atoms with Crippen LogP contribution in [-0.2, 0) is 4.79 Å². The topological polar surface area (TPSA) is 57.5 Å². The van der Waals surface area contributed by atoms with Gasteiger partial charge in [-0.1, -0.05) is 0 Å². The Labute approximate surface area is 130 Å². The van der Waals surface area contributed by atoms with Crippen molar-refractivity contribution in [2.24, 2.45) is 0 Å². The minimum Gasteiger partial charge on any atom is -0.468 e. The van der Waals surface area contributed by atoms with Crippen molar-refractivity contribution in [2.45, 2.75) is 24.1 Å². The maximum absolute atomic E-state index is 12.0. The molecule has 6 heteroatoms. The van der Waals surface area contributed by atoms with E-state index in [2.05, 4.69) is 15.5 Å². The molecule has 0 bridgehead atoms. The Morgan fingerprint density at radius 3 is 2.90 bits per heavy atom. The molecule has 2 rings (SSSR count). The molecule has 1 aromatic heterocycles. The van der Waals surface area contributed by atoms with Crippen LogP contribution in [0.3, 0.4) is 0 Å². The minimum atomic E-state index is 0.0767. The van der Waals surface area contributed by atoms with Gasteiger partial charge in [-0.2, -0.15) is 0 Å². The third-order valence-electron chi connectivity index (χ3n) is 3.72. The minimum absolute atomic E-state index is 0.0767. The summed E-state index contributed by atoms with van der Waals surface area (Å²) in [6.45, 7) is 2.72. The Hall–Kier alpha value is -0.980. The summed E-state index contributed by atoms with van der Waals surface area (Å²) in [5.74, 6) is 1.53. The van der Waals surface area contributed by atoms with Gasteiger partial charge < -0.3 is 15.1 Å². The van der Waals surface area contributed by atoms with Crippen LogP contribution in [0, 0.1) is 0 Å². The Kier molecular flexibility index (Phi) is 6.60. The number of nitrogens with one attached hydrogen (secondary N) is 2. The fourth-order valence-electron chi connectivity index (χ4n) is 2.44. The molecule has 5 nitrogen and oxygen atoms in total. The molecule has 0 spiro atoms. The van der Waals surface area contributed by atoms with Crippen molar-refractivity contribution in [3.05, 3.63) is 24.2 Å². The van der Waals surface area contributed by atoms with Gasteiger partial charge in [-0.25, -0.2) is 0 Å². The molecule has 1 aromatic rings. The van der Waals surface area contributed by atoms with E-state index in [0.29, 0.717) is 17.5 Å². The van der Waals surface area contributed by atoms with Gasteiger partial charge in [-0.3, -0.25) is 9.69 Å². The SMILES string of the molecule is CN(C)C(CNC(=O)CSC1CCNCC1)c1ccco1. The van der Waals surface area contributed by atoms with Gasteiger partial charge in [-0.15, -0.1) is 11.8 Å². The number of rotatable bonds is 7. The maximum atomic E-state index is 12.0. The zero-order valence-corrected chi connectivity index (χ0v) is 13.6. The highest BCUT2D eigenvalue weighted by Crippen LogP contribution is 2.20. The smallest absolute Gasteiger partial charge is 0.230 e. The number of likely N-dealkylation sites (N-methyl/N-ethyl adjacent to an activating group) is 1. The summed E-state index contributed by atoms with van der Waals surface area (Å²) in [7, 11) is 3.98. The van der Waals surface area contributed by atoms with Crippen LogP contribution >= 0.6 is 11.8 Å². The van der Waals surface area contributed by atoms with E-state index < -0.39 is 0 Å². The number of nitrogens with zero attached hydrogens (tertiary/aromatic N) is 1. The summed E-state index contributed by atoms with van der Waals surface area (Å²) < 4.78 is 5.44. The number of hydrogen-bond donors (Lipinski definition) is 2. The average molecular weight is 311 g/mol. The molecular weight excluding hydrogens is 286 g/mol. The second-order valence-corrected chi connectivity index (χ2v) is 6.85. The molecule has 0 saturated carbocycles. The quantitative estimate of drug-likeness (QED) is 0.799. The van der Waals surface area contributed by atoms with E-state index in [-0.39, 0.29) is 11.9 Å². The molecule has 0 aliphatic carbocycles. The first-order valence-corrected chi connectivity index (χ1v) is 8.50. The van der Waals surface area contributed by atoms with E-state index >= 15 is 0 Å².